The van der Waals surface area contributed by atoms with Gasteiger partial charge in [-0.1, -0.05) is 18.7 Å². The van der Waals surface area contributed by atoms with E-state index in [-0.39, 0.29) is 24.2 Å². The molecule has 1 saturated heterocycles. The summed E-state index contributed by atoms with van der Waals surface area (Å²) in [5.41, 5.74) is -1.78. The SMILES string of the molecule is C=Cc1ccc(F)c([C@@]2(C)N=C(NC(=O)OC(C)(C)C)[C@@]3(CF)CC[C@@H]2S3(=O)=O)c1. The Kier molecular flexibility index (Phi) is 5.33. The zero-order valence-electron chi connectivity index (χ0n) is 17.5. The summed E-state index contributed by atoms with van der Waals surface area (Å²) >= 11 is 0. The predicted molar refractivity (Wildman–Crippen MR) is 111 cm³/mol. The molecule has 30 heavy (non-hydrogen) atoms. The second-order valence-corrected chi connectivity index (χ2v) is 11.3. The fourth-order valence-corrected chi connectivity index (χ4v) is 6.89. The third-order valence-corrected chi connectivity index (χ3v) is 8.78. The third-order valence-electron chi connectivity index (χ3n) is 5.74. The molecule has 164 valence electrons. The summed E-state index contributed by atoms with van der Waals surface area (Å²) < 4.78 is 59.1. The quantitative estimate of drug-likeness (QED) is 0.772. The van der Waals surface area contributed by atoms with Crippen molar-refractivity contribution in [1.29, 1.82) is 0 Å². The van der Waals surface area contributed by atoms with E-state index in [0.29, 0.717) is 5.56 Å². The van der Waals surface area contributed by atoms with E-state index in [0.717, 1.165) is 0 Å². The standard InChI is InChI=1S/C21H26F2N2O4S/c1-6-13-7-8-15(23)14(11-13)20(5)16-9-10-21(12-22,30(16,27)28)17(25-20)24-18(26)29-19(2,3)4/h6-8,11,16H,1,9-10,12H2,2-5H3,(H,24,25,26)/t16-,20+,21-/m0/s1. The van der Waals surface area contributed by atoms with Crippen LogP contribution in [0.2, 0.25) is 0 Å². The molecular weight excluding hydrogens is 414 g/mol. The second kappa shape index (κ2) is 7.14. The summed E-state index contributed by atoms with van der Waals surface area (Å²) in [5.74, 6) is -0.989. The number of benzene rings is 1. The molecule has 0 radical (unpaired) electrons. The number of alkyl carbamates (subject to hydrolysis) is 1. The summed E-state index contributed by atoms with van der Waals surface area (Å²) in [4.78, 5) is 16.8. The van der Waals surface area contributed by atoms with E-state index in [9.17, 15) is 22.0 Å². The van der Waals surface area contributed by atoms with Gasteiger partial charge in [0.2, 0.25) is 0 Å². The molecule has 6 nitrogen and oxygen atoms in total. The molecule has 2 bridgehead atoms. The molecule has 1 aromatic rings. The molecule has 2 aliphatic heterocycles. The molecule has 3 rings (SSSR count). The molecule has 0 saturated carbocycles. The number of sulfone groups is 1. The van der Waals surface area contributed by atoms with E-state index >= 15 is 0 Å². The number of halogens is 2. The van der Waals surface area contributed by atoms with E-state index in [1.165, 1.54) is 31.2 Å². The van der Waals surface area contributed by atoms with Crippen LogP contribution in [0.25, 0.3) is 6.08 Å². The van der Waals surface area contributed by atoms with Crippen molar-refractivity contribution in [1.82, 2.24) is 5.32 Å². The Morgan fingerprint density at radius 3 is 2.67 bits per heavy atom. The second-order valence-electron chi connectivity index (χ2n) is 8.88. The van der Waals surface area contributed by atoms with Crippen LogP contribution >= 0.6 is 0 Å². The number of nitrogens with one attached hydrogen (secondary N) is 1. The molecule has 1 amide bonds. The number of fused-ring (bicyclic) bond motifs is 2. The Morgan fingerprint density at radius 1 is 1.43 bits per heavy atom. The van der Waals surface area contributed by atoms with Gasteiger partial charge in [-0.2, -0.15) is 0 Å². The van der Waals surface area contributed by atoms with Crippen molar-refractivity contribution < 1.29 is 26.7 Å². The Balaban J connectivity index is 2.20. The number of ether oxygens (including phenoxy) is 1. The summed E-state index contributed by atoms with van der Waals surface area (Å²) in [6, 6.07) is 4.20. The molecule has 9 heteroatoms. The minimum Gasteiger partial charge on any atom is -0.444 e. The monoisotopic (exact) mass is 440 g/mol. The van der Waals surface area contributed by atoms with Gasteiger partial charge in [-0.05, 0) is 58.2 Å². The summed E-state index contributed by atoms with van der Waals surface area (Å²) in [5, 5.41) is 1.23. The van der Waals surface area contributed by atoms with Crippen LogP contribution in [0, 0.1) is 5.82 Å². The topological polar surface area (TPSA) is 84.8 Å². The Morgan fingerprint density at radius 2 is 2.10 bits per heavy atom. The lowest BCUT2D eigenvalue weighted by Crippen LogP contribution is -2.61. The maximum Gasteiger partial charge on any atom is 0.413 e. The maximum atomic E-state index is 14.8. The van der Waals surface area contributed by atoms with Gasteiger partial charge < -0.3 is 4.74 Å². The Labute approximate surface area is 175 Å². The van der Waals surface area contributed by atoms with Gasteiger partial charge in [0.1, 0.15) is 29.5 Å². The van der Waals surface area contributed by atoms with Crippen molar-refractivity contribution in [3.05, 3.63) is 41.7 Å². The lowest BCUT2D eigenvalue weighted by atomic mass is 9.86. The highest BCUT2D eigenvalue weighted by atomic mass is 32.2. The first kappa shape index (κ1) is 22.4. The molecule has 1 N–H and O–H groups in total. The number of amidine groups is 1. The first-order valence-electron chi connectivity index (χ1n) is 9.63. The fraction of sp³-hybridized carbons (Fsp3) is 0.524. The molecular formula is C21H26F2N2O4S. The van der Waals surface area contributed by atoms with Crippen LogP contribution < -0.4 is 5.32 Å². The van der Waals surface area contributed by atoms with Gasteiger partial charge in [-0.3, -0.25) is 10.3 Å². The van der Waals surface area contributed by atoms with Crippen LogP contribution in [0.5, 0.6) is 0 Å². The molecule has 0 aliphatic carbocycles. The minimum absolute atomic E-state index is 0.0475. The van der Waals surface area contributed by atoms with E-state index in [1.807, 2.05) is 0 Å². The number of hydrogen-bond acceptors (Lipinski definition) is 5. The molecule has 3 atom stereocenters. The minimum atomic E-state index is -4.14. The highest BCUT2D eigenvalue weighted by Crippen LogP contribution is 2.52. The van der Waals surface area contributed by atoms with Crippen LogP contribution in [0.4, 0.5) is 13.6 Å². The first-order chi connectivity index (χ1) is 13.8. The molecule has 1 fully saturated rings. The number of aliphatic imine (C=N–C) groups is 1. The molecule has 0 aromatic heterocycles. The van der Waals surface area contributed by atoms with Crippen LogP contribution in [0.1, 0.15) is 51.7 Å². The van der Waals surface area contributed by atoms with Crippen molar-refractivity contribution in [2.45, 2.75) is 61.7 Å². The average Bonchev–Trinajstić information content (AvgIpc) is 2.82. The zero-order chi connectivity index (χ0) is 22.5. The van der Waals surface area contributed by atoms with Gasteiger partial charge in [0, 0.05) is 5.56 Å². The average molecular weight is 441 g/mol. The summed E-state index contributed by atoms with van der Waals surface area (Å²) in [6.07, 6.45) is 0.582. The van der Waals surface area contributed by atoms with Crippen molar-refractivity contribution in [3.8, 4) is 0 Å². The van der Waals surface area contributed by atoms with Gasteiger partial charge >= 0.3 is 6.09 Å². The van der Waals surface area contributed by atoms with Gasteiger partial charge in [-0.25, -0.2) is 22.0 Å². The van der Waals surface area contributed by atoms with E-state index < -0.39 is 49.6 Å². The number of hydrogen-bond donors (Lipinski definition) is 1. The number of carbonyl (C=O) groups is 1. The van der Waals surface area contributed by atoms with Crippen molar-refractivity contribution in [2.75, 3.05) is 6.67 Å². The molecule has 0 unspecified atom stereocenters. The van der Waals surface area contributed by atoms with Crippen molar-refractivity contribution in [3.63, 3.8) is 0 Å². The predicted octanol–water partition coefficient (Wildman–Crippen LogP) is 3.91. The van der Waals surface area contributed by atoms with Crippen molar-refractivity contribution >= 4 is 27.8 Å². The van der Waals surface area contributed by atoms with Gasteiger partial charge in [-0.15, -0.1) is 0 Å². The van der Waals surface area contributed by atoms with Crippen LogP contribution in [-0.2, 0) is 20.1 Å². The normalized spacial score (nSPS) is 29.8. The molecule has 2 heterocycles. The largest absolute Gasteiger partial charge is 0.444 e. The number of nitrogens with zero attached hydrogens (tertiary/aromatic N) is 1. The van der Waals surface area contributed by atoms with Crippen LogP contribution in [0.3, 0.4) is 0 Å². The lowest BCUT2D eigenvalue weighted by molar-refractivity contribution is 0.0560. The van der Waals surface area contributed by atoms with E-state index in [2.05, 4.69) is 16.9 Å². The smallest absolute Gasteiger partial charge is 0.413 e. The van der Waals surface area contributed by atoms with Gasteiger partial charge in [0.15, 0.2) is 14.6 Å². The third kappa shape index (κ3) is 3.33. The zero-order valence-corrected chi connectivity index (χ0v) is 18.3. The number of amides is 1. The Bertz CT molecular complexity index is 1030. The lowest BCUT2D eigenvalue weighted by Gasteiger charge is -2.40. The fourth-order valence-electron chi connectivity index (χ4n) is 4.22. The number of alkyl halides is 1. The van der Waals surface area contributed by atoms with Crippen molar-refractivity contribution in [2.24, 2.45) is 4.99 Å². The highest BCUT2D eigenvalue weighted by Gasteiger charge is 2.66. The number of carbonyl (C=O) groups excluding carboxylic acids is 1. The van der Waals surface area contributed by atoms with E-state index in [1.54, 1.807) is 20.8 Å². The highest BCUT2D eigenvalue weighted by molar-refractivity contribution is 7.94. The Hall–Kier alpha value is -2.29. The van der Waals surface area contributed by atoms with Gasteiger partial charge in [0.05, 0.1) is 5.25 Å². The summed E-state index contributed by atoms with van der Waals surface area (Å²) in [6.45, 7) is 8.83. The van der Waals surface area contributed by atoms with Crippen LogP contribution in [-0.4, -0.2) is 42.6 Å². The van der Waals surface area contributed by atoms with Crippen LogP contribution in [0.15, 0.2) is 29.8 Å². The summed E-state index contributed by atoms with van der Waals surface area (Å²) in [7, 11) is -4.14. The molecule has 1 aromatic carbocycles. The molecule has 0 spiro atoms. The van der Waals surface area contributed by atoms with Gasteiger partial charge in [0.25, 0.3) is 0 Å². The number of rotatable bonds is 3. The van der Waals surface area contributed by atoms with E-state index in [4.69, 9.17) is 4.74 Å². The first-order valence-corrected chi connectivity index (χ1v) is 11.2. The molecule has 2 aliphatic rings. The maximum absolute atomic E-state index is 14.8.